The van der Waals surface area contributed by atoms with Crippen molar-refractivity contribution in [3.8, 4) is 0 Å². The molecule has 1 atom stereocenters. The summed E-state index contributed by atoms with van der Waals surface area (Å²) >= 11 is 0. The summed E-state index contributed by atoms with van der Waals surface area (Å²) < 4.78 is 0. The maximum Gasteiger partial charge on any atom is 0.0771 e. The van der Waals surface area contributed by atoms with Crippen LogP contribution in [0.1, 0.15) is 59.3 Å². The number of hydrogen-bond acceptors (Lipinski definition) is 2. The Morgan fingerprint density at radius 3 is 2.20 bits per heavy atom. The van der Waals surface area contributed by atoms with E-state index in [0.717, 1.165) is 6.54 Å². The zero-order valence-corrected chi connectivity index (χ0v) is 10.6. The largest absolute Gasteiger partial charge is 0.389 e. The molecule has 0 heterocycles. The van der Waals surface area contributed by atoms with Gasteiger partial charge in [-0.3, -0.25) is 0 Å². The zero-order chi connectivity index (χ0) is 11.3. The molecule has 2 N–H and O–H groups in total. The molecular weight excluding hydrogens is 186 g/mol. The molecule has 1 fully saturated rings. The van der Waals surface area contributed by atoms with E-state index in [9.17, 15) is 5.11 Å². The number of rotatable bonds is 4. The number of aliphatic hydroxyl groups is 1. The third-order valence-electron chi connectivity index (χ3n) is 3.60. The molecule has 2 heteroatoms. The van der Waals surface area contributed by atoms with E-state index < -0.39 is 5.60 Å². The molecule has 0 aromatic heterocycles. The Morgan fingerprint density at radius 2 is 1.73 bits per heavy atom. The van der Waals surface area contributed by atoms with Crippen LogP contribution < -0.4 is 5.32 Å². The van der Waals surface area contributed by atoms with E-state index >= 15 is 0 Å². The Kier molecular flexibility index (Phi) is 5.07. The van der Waals surface area contributed by atoms with Gasteiger partial charge in [-0.2, -0.15) is 0 Å². The molecule has 1 unspecified atom stereocenters. The lowest BCUT2D eigenvalue weighted by Gasteiger charge is -2.33. The fraction of sp³-hybridized carbons (Fsp3) is 1.00. The van der Waals surface area contributed by atoms with E-state index in [0.29, 0.717) is 12.0 Å². The first-order valence-corrected chi connectivity index (χ1v) is 6.48. The Labute approximate surface area is 94.5 Å². The Hall–Kier alpha value is -0.0800. The highest BCUT2D eigenvalue weighted by Crippen LogP contribution is 2.31. The molecule has 0 saturated heterocycles. The van der Waals surface area contributed by atoms with Crippen molar-refractivity contribution in [2.24, 2.45) is 5.92 Å². The SMILES string of the molecule is CC(C)NCC(C)(O)C1CCCCCC1. The minimum Gasteiger partial charge on any atom is -0.389 e. The van der Waals surface area contributed by atoms with Crippen molar-refractivity contribution >= 4 is 0 Å². The third-order valence-corrected chi connectivity index (χ3v) is 3.60. The second kappa shape index (κ2) is 5.86. The summed E-state index contributed by atoms with van der Waals surface area (Å²) in [7, 11) is 0. The molecule has 90 valence electrons. The van der Waals surface area contributed by atoms with Gasteiger partial charge < -0.3 is 10.4 Å². The fourth-order valence-corrected chi connectivity index (χ4v) is 2.46. The minimum atomic E-state index is -0.519. The van der Waals surface area contributed by atoms with E-state index in [4.69, 9.17) is 0 Å². The predicted octanol–water partition coefficient (Wildman–Crippen LogP) is 2.71. The monoisotopic (exact) mass is 213 g/mol. The maximum atomic E-state index is 10.5. The van der Waals surface area contributed by atoms with Gasteiger partial charge in [-0.25, -0.2) is 0 Å². The average Bonchev–Trinajstić information content (AvgIpc) is 2.43. The van der Waals surface area contributed by atoms with Crippen LogP contribution in [-0.4, -0.2) is 23.3 Å². The van der Waals surface area contributed by atoms with Crippen LogP contribution in [0, 0.1) is 5.92 Å². The van der Waals surface area contributed by atoms with E-state index in [1.54, 1.807) is 0 Å². The molecule has 0 bridgehead atoms. The molecule has 0 spiro atoms. The van der Waals surface area contributed by atoms with Crippen molar-refractivity contribution in [1.82, 2.24) is 5.32 Å². The highest BCUT2D eigenvalue weighted by molar-refractivity contribution is 4.85. The number of nitrogens with one attached hydrogen (secondary N) is 1. The van der Waals surface area contributed by atoms with Crippen LogP contribution in [0.25, 0.3) is 0 Å². The van der Waals surface area contributed by atoms with Gasteiger partial charge in [-0.15, -0.1) is 0 Å². The molecule has 2 nitrogen and oxygen atoms in total. The number of hydrogen-bond donors (Lipinski definition) is 2. The van der Waals surface area contributed by atoms with Crippen LogP contribution in [0.4, 0.5) is 0 Å². The van der Waals surface area contributed by atoms with Crippen molar-refractivity contribution < 1.29 is 5.11 Å². The van der Waals surface area contributed by atoms with E-state index in [1.165, 1.54) is 38.5 Å². The first kappa shape index (κ1) is 13.0. The van der Waals surface area contributed by atoms with Crippen molar-refractivity contribution in [1.29, 1.82) is 0 Å². The minimum absolute atomic E-state index is 0.460. The van der Waals surface area contributed by atoms with Crippen molar-refractivity contribution in [3.05, 3.63) is 0 Å². The van der Waals surface area contributed by atoms with Crippen LogP contribution in [0.3, 0.4) is 0 Å². The molecule has 0 amide bonds. The smallest absolute Gasteiger partial charge is 0.0771 e. The summed E-state index contributed by atoms with van der Waals surface area (Å²) in [5, 5.41) is 13.8. The van der Waals surface area contributed by atoms with Crippen LogP contribution in [0.15, 0.2) is 0 Å². The third kappa shape index (κ3) is 4.52. The van der Waals surface area contributed by atoms with Crippen LogP contribution >= 0.6 is 0 Å². The molecule has 1 rings (SSSR count). The highest BCUT2D eigenvalue weighted by Gasteiger charge is 2.31. The van der Waals surface area contributed by atoms with Gasteiger partial charge in [0.2, 0.25) is 0 Å². The first-order valence-electron chi connectivity index (χ1n) is 6.48. The Morgan fingerprint density at radius 1 is 1.20 bits per heavy atom. The second-order valence-corrected chi connectivity index (χ2v) is 5.58. The molecule has 0 aromatic carbocycles. The van der Waals surface area contributed by atoms with Gasteiger partial charge in [0.05, 0.1) is 5.60 Å². The normalized spacial score (nSPS) is 23.8. The quantitative estimate of drug-likeness (QED) is 0.704. The highest BCUT2D eigenvalue weighted by atomic mass is 16.3. The van der Waals surface area contributed by atoms with E-state index in [1.807, 2.05) is 6.92 Å². The summed E-state index contributed by atoms with van der Waals surface area (Å²) in [6.45, 7) is 6.99. The van der Waals surface area contributed by atoms with Gasteiger partial charge in [0, 0.05) is 12.6 Å². The zero-order valence-electron chi connectivity index (χ0n) is 10.6. The molecule has 0 aromatic rings. The van der Waals surface area contributed by atoms with Crippen molar-refractivity contribution in [2.75, 3.05) is 6.54 Å². The predicted molar refractivity (Wildman–Crippen MR) is 65.0 cm³/mol. The van der Waals surface area contributed by atoms with Gasteiger partial charge in [0.15, 0.2) is 0 Å². The lowest BCUT2D eigenvalue weighted by molar-refractivity contribution is -0.00791. The Bertz CT molecular complexity index is 169. The van der Waals surface area contributed by atoms with Crippen LogP contribution in [-0.2, 0) is 0 Å². The van der Waals surface area contributed by atoms with Gasteiger partial charge in [-0.05, 0) is 25.7 Å². The summed E-state index contributed by atoms with van der Waals surface area (Å²) in [4.78, 5) is 0. The van der Waals surface area contributed by atoms with Gasteiger partial charge >= 0.3 is 0 Å². The lowest BCUT2D eigenvalue weighted by Crippen LogP contribution is -2.46. The van der Waals surface area contributed by atoms with Crippen LogP contribution in [0.2, 0.25) is 0 Å². The molecule has 1 saturated carbocycles. The summed E-state index contributed by atoms with van der Waals surface area (Å²) in [6.07, 6.45) is 7.69. The second-order valence-electron chi connectivity index (χ2n) is 5.58. The first-order chi connectivity index (χ1) is 7.02. The van der Waals surface area contributed by atoms with Crippen LogP contribution in [0.5, 0.6) is 0 Å². The molecule has 1 aliphatic rings. The molecule has 0 radical (unpaired) electrons. The summed E-state index contributed by atoms with van der Waals surface area (Å²) in [5.74, 6) is 0.492. The maximum absolute atomic E-state index is 10.5. The molecule has 0 aliphatic heterocycles. The van der Waals surface area contributed by atoms with Gasteiger partial charge in [0.25, 0.3) is 0 Å². The lowest BCUT2D eigenvalue weighted by atomic mass is 9.83. The average molecular weight is 213 g/mol. The summed E-state index contributed by atoms with van der Waals surface area (Å²) in [6, 6.07) is 0.460. The van der Waals surface area contributed by atoms with Crippen molar-refractivity contribution in [3.63, 3.8) is 0 Å². The molecule has 1 aliphatic carbocycles. The van der Waals surface area contributed by atoms with Gasteiger partial charge in [0.1, 0.15) is 0 Å². The molecular formula is C13H27NO. The fourth-order valence-electron chi connectivity index (χ4n) is 2.46. The topological polar surface area (TPSA) is 32.3 Å². The Balaban J connectivity index is 2.42. The van der Waals surface area contributed by atoms with Crippen molar-refractivity contribution in [2.45, 2.75) is 70.9 Å². The standard InChI is InChI=1S/C13H27NO/c1-11(2)14-10-13(3,15)12-8-6-4-5-7-9-12/h11-12,14-15H,4-10H2,1-3H3. The van der Waals surface area contributed by atoms with E-state index in [-0.39, 0.29) is 0 Å². The van der Waals surface area contributed by atoms with Gasteiger partial charge in [-0.1, -0.05) is 39.5 Å². The summed E-state index contributed by atoms with van der Waals surface area (Å²) in [5.41, 5.74) is -0.519. The van der Waals surface area contributed by atoms with E-state index in [2.05, 4.69) is 19.2 Å². The molecule has 15 heavy (non-hydrogen) atoms.